The van der Waals surface area contributed by atoms with Crippen LogP contribution in [-0.2, 0) is 0 Å². The molecule has 1 aliphatic rings. The molecule has 0 spiro atoms. The maximum atomic E-state index is 6.26. The van der Waals surface area contributed by atoms with E-state index < -0.39 is 0 Å². The summed E-state index contributed by atoms with van der Waals surface area (Å²) in [7, 11) is 2.04. The summed E-state index contributed by atoms with van der Waals surface area (Å²) in [4.78, 5) is 2.62. The molecule has 0 saturated carbocycles. The molecular formula is C17H26Cl2N2. The smallest absolute Gasteiger partial charge is 0.0595 e. The van der Waals surface area contributed by atoms with E-state index in [1.54, 1.807) is 0 Å². The van der Waals surface area contributed by atoms with Gasteiger partial charge in [-0.1, -0.05) is 35.7 Å². The van der Waals surface area contributed by atoms with Gasteiger partial charge in [0, 0.05) is 12.1 Å². The SMILES string of the molecule is CNCC1CCCCN(C(C)C)C1c1ccc(Cl)c(Cl)c1. The van der Waals surface area contributed by atoms with Crippen LogP contribution in [0.1, 0.15) is 44.7 Å². The summed E-state index contributed by atoms with van der Waals surface area (Å²) in [6, 6.07) is 7.07. The van der Waals surface area contributed by atoms with E-state index in [2.05, 4.69) is 36.2 Å². The van der Waals surface area contributed by atoms with Crippen molar-refractivity contribution in [1.82, 2.24) is 10.2 Å². The number of benzene rings is 1. The fraction of sp³-hybridized carbons (Fsp3) is 0.647. The average Bonchev–Trinajstić information content (AvgIpc) is 2.65. The standard InChI is InChI=1S/C17H26Cl2N2/c1-12(2)21-9-5-4-6-14(11-20-3)17(21)13-7-8-15(18)16(19)10-13/h7-8,10,12,14,17,20H,4-6,9,11H2,1-3H3. The van der Waals surface area contributed by atoms with Crippen LogP contribution in [0.25, 0.3) is 0 Å². The molecule has 0 amide bonds. The minimum absolute atomic E-state index is 0.412. The van der Waals surface area contributed by atoms with E-state index in [9.17, 15) is 0 Å². The van der Waals surface area contributed by atoms with Crippen LogP contribution in [0.4, 0.5) is 0 Å². The molecule has 0 aromatic heterocycles. The average molecular weight is 329 g/mol. The highest BCUT2D eigenvalue weighted by molar-refractivity contribution is 6.42. The van der Waals surface area contributed by atoms with Crippen LogP contribution in [0.2, 0.25) is 10.0 Å². The molecular weight excluding hydrogens is 303 g/mol. The van der Waals surface area contributed by atoms with Gasteiger partial charge in [0.05, 0.1) is 10.0 Å². The van der Waals surface area contributed by atoms with Crippen molar-refractivity contribution in [2.45, 2.75) is 45.2 Å². The molecule has 2 atom stereocenters. The molecule has 1 aromatic rings. The van der Waals surface area contributed by atoms with Gasteiger partial charge in [0.2, 0.25) is 0 Å². The molecule has 0 bridgehead atoms. The van der Waals surface area contributed by atoms with Crippen LogP contribution in [0, 0.1) is 5.92 Å². The number of rotatable bonds is 4. The lowest BCUT2D eigenvalue weighted by Crippen LogP contribution is -2.40. The molecule has 1 aliphatic heterocycles. The Kier molecular flexibility index (Phi) is 6.36. The number of nitrogens with one attached hydrogen (secondary N) is 1. The lowest BCUT2D eigenvalue weighted by atomic mass is 9.88. The summed E-state index contributed by atoms with van der Waals surface area (Å²) in [6.45, 7) is 6.76. The molecule has 1 heterocycles. The second-order valence-corrected chi connectivity index (χ2v) is 7.08. The van der Waals surface area contributed by atoms with Gasteiger partial charge in [-0.3, -0.25) is 4.90 Å². The van der Waals surface area contributed by atoms with Crippen LogP contribution in [0.15, 0.2) is 18.2 Å². The highest BCUT2D eigenvalue weighted by Crippen LogP contribution is 2.38. The van der Waals surface area contributed by atoms with Crippen molar-refractivity contribution in [3.05, 3.63) is 33.8 Å². The molecule has 1 fully saturated rings. The van der Waals surface area contributed by atoms with Gasteiger partial charge in [-0.15, -0.1) is 0 Å². The Morgan fingerprint density at radius 3 is 2.62 bits per heavy atom. The van der Waals surface area contributed by atoms with Crippen molar-refractivity contribution >= 4 is 23.2 Å². The second-order valence-electron chi connectivity index (χ2n) is 6.26. The number of nitrogens with zero attached hydrogens (tertiary/aromatic N) is 1. The van der Waals surface area contributed by atoms with Crippen molar-refractivity contribution < 1.29 is 0 Å². The first kappa shape index (κ1) is 17.1. The van der Waals surface area contributed by atoms with Crippen LogP contribution in [0.3, 0.4) is 0 Å². The van der Waals surface area contributed by atoms with Gasteiger partial charge in [-0.25, -0.2) is 0 Å². The highest BCUT2D eigenvalue weighted by atomic mass is 35.5. The Morgan fingerprint density at radius 2 is 2.00 bits per heavy atom. The fourth-order valence-corrected chi connectivity index (χ4v) is 3.79. The molecule has 1 saturated heterocycles. The van der Waals surface area contributed by atoms with E-state index in [1.165, 1.54) is 24.8 Å². The molecule has 1 aromatic carbocycles. The van der Waals surface area contributed by atoms with E-state index in [-0.39, 0.29) is 0 Å². The van der Waals surface area contributed by atoms with E-state index in [1.807, 2.05) is 13.1 Å². The first-order chi connectivity index (χ1) is 10.0. The molecule has 2 unspecified atom stereocenters. The predicted octanol–water partition coefficient (Wildman–Crippen LogP) is 4.76. The molecule has 21 heavy (non-hydrogen) atoms. The fourth-order valence-electron chi connectivity index (χ4n) is 3.48. The second kappa shape index (κ2) is 7.82. The van der Waals surface area contributed by atoms with Gasteiger partial charge in [0.25, 0.3) is 0 Å². The minimum atomic E-state index is 0.412. The summed E-state index contributed by atoms with van der Waals surface area (Å²) >= 11 is 12.4. The summed E-state index contributed by atoms with van der Waals surface area (Å²) in [6.07, 6.45) is 3.83. The van der Waals surface area contributed by atoms with E-state index in [0.29, 0.717) is 28.0 Å². The topological polar surface area (TPSA) is 15.3 Å². The van der Waals surface area contributed by atoms with Crippen LogP contribution < -0.4 is 5.32 Å². The summed E-state index contributed by atoms with van der Waals surface area (Å²) in [5, 5.41) is 4.66. The zero-order chi connectivity index (χ0) is 15.4. The maximum absolute atomic E-state index is 6.26. The van der Waals surface area contributed by atoms with E-state index >= 15 is 0 Å². The van der Waals surface area contributed by atoms with Gasteiger partial charge < -0.3 is 5.32 Å². The Morgan fingerprint density at radius 1 is 1.24 bits per heavy atom. The van der Waals surface area contributed by atoms with Crippen molar-refractivity contribution in [3.63, 3.8) is 0 Å². The zero-order valence-corrected chi connectivity index (χ0v) is 14.7. The van der Waals surface area contributed by atoms with Gasteiger partial charge in [-0.05, 0) is 70.4 Å². The van der Waals surface area contributed by atoms with Crippen molar-refractivity contribution in [2.24, 2.45) is 5.92 Å². The summed E-state index contributed by atoms with van der Waals surface area (Å²) < 4.78 is 0. The third kappa shape index (κ3) is 4.13. The highest BCUT2D eigenvalue weighted by Gasteiger charge is 2.32. The Hall–Kier alpha value is -0.280. The quantitative estimate of drug-likeness (QED) is 0.856. The lowest BCUT2D eigenvalue weighted by Gasteiger charge is -2.38. The van der Waals surface area contributed by atoms with Gasteiger partial charge in [-0.2, -0.15) is 0 Å². The van der Waals surface area contributed by atoms with Crippen molar-refractivity contribution in [2.75, 3.05) is 20.1 Å². The molecule has 0 aliphatic carbocycles. The van der Waals surface area contributed by atoms with Crippen LogP contribution >= 0.6 is 23.2 Å². The number of halogens is 2. The number of likely N-dealkylation sites (tertiary alicyclic amines) is 1. The maximum Gasteiger partial charge on any atom is 0.0595 e. The zero-order valence-electron chi connectivity index (χ0n) is 13.2. The molecule has 2 nitrogen and oxygen atoms in total. The van der Waals surface area contributed by atoms with Crippen LogP contribution in [-0.4, -0.2) is 31.1 Å². The number of hydrogen-bond acceptors (Lipinski definition) is 2. The van der Waals surface area contributed by atoms with E-state index in [0.717, 1.165) is 13.1 Å². The first-order valence-electron chi connectivity index (χ1n) is 7.90. The molecule has 4 heteroatoms. The first-order valence-corrected chi connectivity index (χ1v) is 8.65. The Bertz CT molecular complexity index is 462. The Labute approximate surface area is 138 Å². The number of hydrogen-bond donors (Lipinski definition) is 1. The van der Waals surface area contributed by atoms with Crippen molar-refractivity contribution in [1.29, 1.82) is 0 Å². The summed E-state index contributed by atoms with van der Waals surface area (Å²) in [5.74, 6) is 0.608. The lowest BCUT2D eigenvalue weighted by molar-refractivity contribution is 0.118. The van der Waals surface area contributed by atoms with Gasteiger partial charge in [0.1, 0.15) is 0 Å². The third-order valence-corrected chi connectivity index (χ3v) is 5.20. The normalized spacial score (nSPS) is 24.3. The minimum Gasteiger partial charge on any atom is -0.319 e. The third-order valence-electron chi connectivity index (χ3n) is 4.46. The predicted molar refractivity (Wildman–Crippen MR) is 92.3 cm³/mol. The van der Waals surface area contributed by atoms with Gasteiger partial charge in [0.15, 0.2) is 0 Å². The van der Waals surface area contributed by atoms with E-state index in [4.69, 9.17) is 23.2 Å². The van der Waals surface area contributed by atoms with Crippen LogP contribution in [0.5, 0.6) is 0 Å². The monoisotopic (exact) mass is 328 g/mol. The Balaban J connectivity index is 2.39. The molecule has 2 rings (SSSR count). The van der Waals surface area contributed by atoms with Gasteiger partial charge >= 0.3 is 0 Å². The molecule has 0 radical (unpaired) electrons. The summed E-state index contributed by atoms with van der Waals surface area (Å²) in [5.41, 5.74) is 1.29. The molecule has 1 N–H and O–H groups in total. The molecule has 118 valence electrons. The van der Waals surface area contributed by atoms with Crippen molar-refractivity contribution in [3.8, 4) is 0 Å². The largest absolute Gasteiger partial charge is 0.319 e.